The van der Waals surface area contributed by atoms with Crippen LogP contribution in [0.15, 0.2) is 12.1 Å². The highest BCUT2D eigenvalue weighted by molar-refractivity contribution is 5.48. The third-order valence-electron chi connectivity index (χ3n) is 2.81. The van der Waals surface area contributed by atoms with Crippen molar-refractivity contribution in [3.63, 3.8) is 0 Å². The van der Waals surface area contributed by atoms with Crippen LogP contribution in [-0.2, 0) is 6.54 Å². The summed E-state index contributed by atoms with van der Waals surface area (Å²) in [4.78, 5) is 2.26. The van der Waals surface area contributed by atoms with Crippen LogP contribution in [0.5, 0.6) is 11.5 Å². The van der Waals surface area contributed by atoms with Gasteiger partial charge >= 0.3 is 0 Å². The lowest BCUT2D eigenvalue weighted by Crippen LogP contribution is -2.22. The predicted molar refractivity (Wildman–Crippen MR) is 66.0 cm³/mol. The van der Waals surface area contributed by atoms with E-state index in [1.807, 2.05) is 19.1 Å². The SMILES string of the molecule is CCN(CC)Cc1cc(C)cc(OC)c1O. The van der Waals surface area contributed by atoms with Gasteiger partial charge in [0.1, 0.15) is 0 Å². The van der Waals surface area contributed by atoms with E-state index in [0.717, 1.165) is 30.8 Å². The Hall–Kier alpha value is -1.22. The van der Waals surface area contributed by atoms with Crippen molar-refractivity contribution < 1.29 is 9.84 Å². The maximum atomic E-state index is 10.0. The van der Waals surface area contributed by atoms with Crippen LogP contribution in [0.2, 0.25) is 0 Å². The molecule has 0 bridgehead atoms. The molecule has 16 heavy (non-hydrogen) atoms. The Bertz CT molecular complexity index is 346. The van der Waals surface area contributed by atoms with Crippen molar-refractivity contribution in [2.24, 2.45) is 0 Å². The molecule has 0 atom stereocenters. The van der Waals surface area contributed by atoms with Gasteiger partial charge in [0.25, 0.3) is 0 Å². The molecule has 1 aromatic rings. The summed E-state index contributed by atoms with van der Waals surface area (Å²) in [5.41, 5.74) is 2.04. The molecule has 3 nitrogen and oxygen atoms in total. The number of aryl methyl sites for hydroxylation is 1. The van der Waals surface area contributed by atoms with Crippen LogP contribution in [0, 0.1) is 6.92 Å². The molecule has 0 aliphatic heterocycles. The van der Waals surface area contributed by atoms with Gasteiger partial charge < -0.3 is 9.84 Å². The fourth-order valence-electron chi connectivity index (χ4n) is 1.78. The fourth-order valence-corrected chi connectivity index (χ4v) is 1.78. The van der Waals surface area contributed by atoms with Crippen molar-refractivity contribution >= 4 is 0 Å². The molecule has 1 N–H and O–H groups in total. The molecule has 0 unspecified atom stereocenters. The summed E-state index contributed by atoms with van der Waals surface area (Å²) < 4.78 is 5.15. The number of methoxy groups -OCH3 is 1. The van der Waals surface area contributed by atoms with Crippen LogP contribution in [0.25, 0.3) is 0 Å². The van der Waals surface area contributed by atoms with Gasteiger partial charge in [-0.3, -0.25) is 4.90 Å². The molecule has 0 saturated carbocycles. The second-order valence-corrected chi connectivity index (χ2v) is 3.94. The Morgan fingerprint density at radius 1 is 1.25 bits per heavy atom. The van der Waals surface area contributed by atoms with Crippen molar-refractivity contribution in [1.29, 1.82) is 0 Å². The van der Waals surface area contributed by atoms with Crippen LogP contribution >= 0.6 is 0 Å². The second-order valence-electron chi connectivity index (χ2n) is 3.94. The summed E-state index contributed by atoms with van der Waals surface area (Å²) in [7, 11) is 1.58. The Kier molecular flexibility index (Phi) is 4.62. The van der Waals surface area contributed by atoms with E-state index < -0.39 is 0 Å². The van der Waals surface area contributed by atoms with E-state index in [2.05, 4.69) is 18.7 Å². The van der Waals surface area contributed by atoms with E-state index in [4.69, 9.17) is 4.74 Å². The standard InChI is InChI=1S/C13H21NO2/c1-5-14(6-2)9-11-7-10(3)8-12(16-4)13(11)15/h7-8,15H,5-6,9H2,1-4H3. The third kappa shape index (κ3) is 2.89. The minimum absolute atomic E-state index is 0.264. The van der Waals surface area contributed by atoms with E-state index >= 15 is 0 Å². The topological polar surface area (TPSA) is 32.7 Å². The number of hydrogen-bond donors (Lipinski definition) is 1. The number of benzene rings is 1. The zero-order valence-corrected chi connectivity index (χ0v) is 10.6. The zero-order valence-electron chi connectivity index (χ0n) is 10.6. The molecule has 0 aliphatic rings. The summed E-state index contributed by atoms with van der Waals surface area (Å²) in [6.07, 6.45) is 0. The lowest BCUT2D eigenvalue weighted by atomic mass is 10.1. The highest BCUT2D eigenvalue weighted by Crippen LogP contribution is 2.31. The first kappa shape index (κ1) is 12.8. The molecule has 0 spiro atoms. The van der Waals surface area contributed by atoms with Crippen LogP contribution < -0.4 is 4.74 Å². The average molecular weight is 223 g/mol. The van der Waals surface area contributed by atoms with Gasteiger partial charge in [-0.2, -0.15) is 0 Å². The molecular formula is C13H21NO2. The molecule has 1 aromatic carbocycles. The smallest absolute Gasteiger partial charge is 0.162 e. The average Bonchev–Trinajstić information content (AvgIpc) is 2.29. The molecular weight excluding hydrogens is 202 g/mol. The van der Waals surface area contributed by atoms with Gasteiger partial charge in [0.15, 0.2) is 11.5 Å². The van der Waals surface area contributed by atoms with E-state index in [0.29, 0.717) is 5.75 Å². The van der Waals surface area contributed by atoms with E-state index in [-0.39, 0.29) is 5.75 Å². The van der Waals surface area contributed by atoms with Crippen LogP contribution in [0.3, 0.4) is 0 Å². The van der Waals surface area contributed by atoms with Crippen molar-refractivity contribution in [3.8, 4) is 11.5 Å². The summed E-state index contributed by atoms with van der Waals surface area (Å²) >= 11 is 0. The summed E-state index contributed by atoms with van der Waals surface area (Å²) in [5, 5.41) is 10.0. The molecule has 1 rings (SSSR count). The van der Waals surface area contributed by atoms with E-state index in [1.165, 1.54) is 0 Å². The molecule has 90 valence electrons. The van der Waals surface area contributed by atoms with Gasteiger partial charge in [-0.1, -0.05) is 19.9 Å². The van der Waals surface area contributed by atoms with Crippen LogP contribution in [-0.4, -0.2) is 30.2 Å². The van der Waals surface area contributed by atoms with Gasteiger partial charge in [-0.15, -0.1) is 0 Å². The first-order chi connectivity index (χ1) is 7.62. The molecule has 0 aliphatic carbocycles. The molecule has 0 heterocycles. The number of rotatable bonds is 5. The van der Waals surface area contributed by atoms with Gasteiger partial charge in [0, 0.05) is 12.1 Å². The van der Waals surface area contributed by atoms with Crippen molar-refractivity contribution in [3.05, 3.63) is 23.3 Å². The van der Waals surface area contributed by atoms with Gasteiger partial charge in [-0.05, 0) is 31.6 Å². The Labute approximate surface area is 97.7 Å². The molecule has 0 amide bonds. The van der Waals surface area contributed by atoms with E-state index in [1.54, 1.807) is 7.11 Å². The second kappa shape index (κ2) is 5.75. The number of aromatic hydroxyl groups is 1. The highest BCUT2D eigenvalue weighted by atomic mass is 16.5. The maximum Gasteiger partial charge on any atom is 0.162 e. The maximum absolute atomic E-state index is 10.0. The van der Waals surface area contributed by atoms with Gasteiger partial charge in [0.05, 0.1) is 7.11 Å². The lowest BCUT2D eigenvalue weighted by molar-refractivity contribution is 0.287. The molecule has 3 heteroatoms. The van der Waals surface area contributed by atoms with Crippen molar-refractivity contribution in [2.75, 3.05) is 20.2 Å². The minimum atomic E-state index is 0.264. The monoisotopic (exact) mass is 223 g/mol. The lowest BCUT2D eigenvalue weighted by Gasteiger charge is -2.19. The van der Waals surface area contributed by atoms with Crippen molar-refractivity contribution in [1.82, 2.24) is 4.90 Å². The summed E-state index contributed by atoms with van der Waals surface area (Å²) in [6.45, 7) is 8.96. The molecule has 0 aromatic heterocycles. The van der Waals surface area contributed by atoms with Crippen LogP contribution in [0.1, 0.15) is 25.0 Å². The Morgan fingerprint density at radius 2 is 1.88 bits per heavy atom. The summed E-state index contributed by atoms with van der Waals surface area (Å²) in [5.74, 6) is 0.821. The molecule has 0 saturated heterocycles. The predicted octanol–water partition coefficient (Wildman–Crippen LogP) is 2.55. The van der Waals surface area contributed by atoms with E-state index in [9.17, 15) is 5.11 Å². The van der Waals surface area contributed by atoms with Gasteiger partial charge in [0.2, 0.25) is 0 Å². The quantitative estimate of drug-likeness (QED) is 0.832. The Balaban J connectivity index is 2.98. The Morgan fingerprint density at radius 3 is 2.38 bits per heavy atom. The number of ether oxygens (including phenoxy) is 1. The first-order valence-electron chi connectivity index (χ1n) is 5.71. The first-order valence-corrected chi connectivity index (χ1v) is 5.71. The van der Waals surface area contributed by atoms with Crippen molar-refractivity contribution in [2.45, 2.75) is 27.3 Å². The number of phenols is 1. The van der Waals surface area contributed by atoms with Gasteiger partial charge in [-0.25, -0.2) is 0 Å². The molecule has 0 fully saturated rings. The number of nitrogens with zero attached hydrogens (tertiary/aromatic N) is 1. The normalized spacial score (nSPS) is 10.8. The third-order valence-corrected chi connectivity index (χ3v) is 2.81. The van der Waals surface area contributed by atoms with Crippen LogP contribution in [0.4, 0.5) is 0 Å². The number of hydrogen-bond acceptors (Lipinski definition) is 3. The molecule has 0 radical (unpaired) electrons. The highest BCUT2D eigenvalue weighted by Gasteiger charge is 2.11. The summed E-state index contributed by atoms with van der Waals surface area (Å²) in [6, 6.07) is 3.86. The number of phenolic OH excluding ortho intramolecular Hbond substituents is 1. The fraction of sp³-hybridized carbons (Fsp3) is 0.538. The largest absolute Gasteiger partial charge is 0.504 e. The minimum Gasteiger partial charge on any atom is -0.504 e. The zero-order chi connectivity index (χ0) is 12.1.